The summed E-state index contributed by atoms with van der Waals surface area (Å²) < 4.78 is 1.86. The number of thiophene rings is 1. The number of carbonyl (C=O) groups excluding carboxylic acids is 1. The number of hydrogen-bond donors (Lipinski definition) is 0. The van der Waals surface area contributed by atoms with Gasteiger partial charge in [0.2, 0.25) is 5.91 Å². The van der Waals surface area contributed by atoms with E-state index < -0.39 is 0 Å². The smallest absolute Gasteiger partial charge is 0.263 e. The van der Waals surface area contributed by atoms with Crippen molar-refractivity contribution in [2.24, 2.45) is 0 Å². The van der Waals surface area contributed by atoms with Crippen molar-refractivity contribution >= 4 is 39.2 Å². The van der Waals surface area contributed by atoms with Crippen molar-refractivity contribution in [3.8, 4) is 0 Å². The number of likely N-dealkylation sites (tertiary alicyclic amines) is 1. The molecule has 2 aromatic heterocycles. The van der Waals surface area contributed by atoms with E-state index in [1.54, 1.807) is 11.3 Å². The molecule has 0 spiro atoms. The maximum Gasteiger partial charge on any atom is 0.263 e. The minimum atomic E-state index is -0.231. The lowest BCUT2D eigenvalue weighted by Gasteiger charge is -2.22. The van der Waals surface area contributed by atoms with Gasteiger partial charge in [-0.2, -0.15) is 0 Å². The van der Waals surface area contributed by atoms with Crippen LogP contribution in [-0.4, -0.2) is 38.7 Å². The van der Waals surface area contributed by atoms with Crippen LogP contribution in [0, 0.1) is 0 Å². The van der Waals surface area contributed by atoms with Crippen molar-refractivity contribution in [2.45, 2.75) is 88.6 Å². The molecule has 0 aromatic carbocycles. The molecular formula is C22H31N3O2S2. The summed E-state index contributed by atoms with van der Waals surface area (Å²) >= 11 is 3.15. The molecule has 158 valence electrons. The second kappa shape index (κ2) is 8.80. The molecule has 2 atom stereocenters. The van der Waals surface area contributed by atoms with Crippen LogP contribution in [0.15, 0.2) is 9.95 Å². The number of aromatic nitrogens is 2. The highest BCUT2D eigenvalue weighted by molar-refractivity contribution is 8.00. The minimum Gasteiger partial charge on any atom is -0.342 e. The van der Waals surface area contributed by atoms with Crippen molar-refractivity contribution < 1.29 is 4.79 Å². The van der Waals surface area contributed by atoms with Gasteiger partial charge in [-0.1, -0.05) is 25.1 Å². The van der Waals surface area contributed by atoms with Gasteiger partial charge in [0.05, 0.1) is 10.6 Å². The summed E-state index contributed by atoms with van der Waals surface area (Å²) in [5, 5.41) is 1.31. The van der Waals surface area contributed by atoms with E-state index in [4.69, 9.17) is 4.98 Å². The largest absolute Gasteiger partial charge is 0.342 e. The van der Waals surface area contributed by atoms with Crippen LogP contribution in [0.3, 0.4) is 0 Å². The molecule has 3 heterocycles. The van der Waals surface area contributed by atoms with Crippen LogP contribution in [0.25, 0.3) is 10.2 Å². The molecule has 0 bridgehead atoms. The molecule has 4 rings (SSSR count). The second-order valence-corrected chi connectivity index (χ2v) is 10.8. The van der Waals surface area contributed by atoms with E-state index in [1.165, 1.54) is 35.0 Å². The first kappa shape index (κ1) is 20.9. The Bertz CT molecular complexity index is 959. The topological polar surface area (TPSA) is 55.2 Å². The number of hydrogen-bond acceptors (Lipinski definition) is 5. The summed E-state index contributed by atoms with van der Waals surface area (Å²) in [5.74, 6) is 0.166. The fraction of sp³-hybridized carbons (Fsp3) is 0.682. The molecule has 0 N–H and O–H groups in total. The maximum absolute atomic E-state index is 13.6. The molecule has 2 unspecified atom stereocenters. The SMILES string of the molecule is CCC(C)n1c(SC(C)C(=O)N2CCCC2)nc2sc3c(c2c1=O)CCCCC3. The number of thioether (sulfide) groups is 1. The van der Waals surface area contributed by atoms with Crippen molar-refractivity contribution in [1.82, 2.24) is 14.5 Å². The van der Waals surface area contributed by atoms with E-state index in [-0.39, 0.29) is 22.8 Å². The lowest BCUT2D eigenvalue weighted by atomic mass is 10.1. The molecule has 0 radical (unpaired) electrons. The molecule has 1 amide bonds. The third-order valence-corrected chi connectivity index (χ3v) is 8.56. The zero-order valence-corrected chi connectivity index (χ0v) is 19.3. The Morgan fingerprint density at radius 3 is 2.59 bits per heavy atom. The summed E-state index contributed by atoms with van der Waals surface area (Å²) in [5.41, 5.74) is 1.34. The van der Waals surface area contributed by atoms with Gasteiger partial charge in [0.15, 0.2) is 5.16 Å². The number of nitrogens with zero attached hydrogens (tertiary/aromatic N) is 3. The summed E-state index contributed by atoms with van der Waals surface area (Å²) in [6.45, 7) is 7.84. The third kappa shape index (κ3) is 4.00. The highest BCUT2D eigenvalue weighted by Gasteiger charge is 2.28. The van der Waals surface area contributed by atoms with Crippen LogP contribution in [0.1, 0.15) is 75.8 Å². The van der Waals surface area contributed by atoms with Gasteiger partial charge in [0, 0.05) is 24.0 Å². The van der Waals surface area contributed by atoms with Crippen LogP contribution in [0.5, 0.6) is 0 Å². The average molecular weight is 434 g/mol. The molecule has 1 fully saturated rings. The Balaban J connectivity index is 1.76. The van der Waals surface area contributed by atoms with Gasteiger partial charge in [-0.25, -0.2) is 4.98 Å². The van der Waals surface area contributed by atoms with E-state index >= 15 is 0 Å². The monoisotopic (exact) mass is 433 g/mol. The predicted octanol–water partition coefficient (Wildman–Crippen LogP) is 4.80. The summed E-state index contributed by atoms with van der Waals surface area (Å²) in [4.78, 5) is 35.6. The highest BCUT2D eigenvalue weighted by Crippen LogP contribution is 2.35. The predicted molar refractivity (Wildman–Crippen MR) is 121 cm³/mol. The van der Waals surface area contributed by atoms with Crippen LogP contribution in [0.4, 0.5) is 0 Å². The first-order valence-corrected chi connectivity index (χ1v) is 12.7. The quantitative estimate of drug-likeness (QED) is 0.386. The number of carbonyl (C=O) groups is 1. The van der Waals surface area contributed by atoms with Crippen LogP contribution < -0.4 is 5.56 Å². The second-order valence-electron chi connectivity index (χ2n) is 8.36. The van der Waals surface area contributed by atoms with E-state index in [2.05, 4.69) is 13.8 Å². The lowest BCUT2D eigenvalue weighted by Crippen LogP contribution is -2.35. The molecule has 5 nitrogen and oxygen atoms in total. The zero-order valence-electron chi connectivity index (χ0n) is 17.7. The summed E-state index contributed by atoms with van der Waals surface area (Å²) in [6.07, 6.45) is 8.68. The van der Waals surface area contributed by atoms with Gasteiger partial charge in [-0.05, 0) is 64.4 Å². The van der Waals surface area contributed by atoms with E-state index in [0.717, 1.165) is 61.8 Å². The van der Waals surface area contributed by atoms with Gasteiger partial charge in [0.25, 0.3) is 5.56 Å². The standard InChI is InChI=1S/C22H31N3O2S2/c1-4-14(2)25-21(27)18-16-10-6-5-7-11-17(16)29-19(18)23-22(25)28-15(3)20(26)24-12-8-9-13-24/h14-15H,4-13H2,1-3H3. The van der Waals surface area contributed by atoms with Crippen LogP contribution in [-0.2, 0) is 17.6 Å². The van der Waals surface area contributed by atoms with Gasteiger partial charge in [0.1, 0.15) is 4.83 Å². The molecule has 7 heteroatoms. The molecular weight excluding hydrogens is 402 g/mol. The number of fused-ring (bicyclic) bond motifs is 3. The molecule has 1 saturated heterocycles. The van der Waals surface area contributed by atoms with Crippen LogP contribution in [0.2, 0.25) is 0 Å². The molecule has 0 saturated carbocycles. The first-order valence-electron chi connectivity index (χ1n) is 11.0. The van der Waals surface area contributed by atoms with Gasteiger partial charge in [-0.15, -0.1) is 11.3 Å². The number of amides is 1. The van der Waals surface area contributed by atoms with E-state index in [9.17, 15) is 9.59 Å². The molecule has 2 aromatic rings. The summed E-state index contributed by atoms with van der Waals surface area (Å²) in [6, 6.07) is 0.0670. The summed E-state index contributed by atoms with van der Waals surface area (Å²) in [7, 11) is 0. The maximum atomic E-state index is 13.6. The van der Waals surface area contributed by atoms with E-state index in [1.807, 2.05) is 16.4 Å². The Morgan fingerprint density at radius 1 is 1.14 bits per heavy atom. The van der Waals surface area contributed by atoms with Crippen molar-refractivity contribution in [1.29, 1.82) is 0 Å². The van der Waals surface area contributed by atoms with Gasteiger partial charge >= 0.3 is 0 Å². The fourth-order valence-electron chi connectivity index (χ4n) is 4.43. The van der Waals surface area contributed by atoms with Crippen molar-refractivity contribution in [2.75, 3.05) is 13.1 Å². The Labute approximate surface area is 180 Å². The zero-order chi connectivity index (χ0) is 20.5. The number of rotatable bonds is 5. The lowest BCUT2D eigenvalue weighted by molar-refractivity contribution is -0.129. The normalized spacial score (nSPS) is 19.2. The van der Waals surface area contributed by atoms with E-state index in [0.29, 0.717) is 5.16 Å². The minimum absolute atomic E-state index is 0.0670. The average Bonchev–Trinajstić information content (AvgIpc) is 3.30. The Hall–Kier alpha value is -1.34. The molecule has 29 heavy (non-hydrogen) atoms. The van der Waals surface area contributed by atoms with Crippen molar-refractivity contribution in [3.63, 3.8) is 0 Å². The molecule has 1 aliphatic carbocycles. The first-order chi connectivity index (χ1) is 14.0. The third-order valence-electron chi connectivity index (χ3n) is 6.32. The van der Waals surface area contributed by atoms with Gasteiger partial charge in [-0.3, -0.25) is 14.2 Å². The fourth-order valence-corrected chi connectivity index (χ4v) is 6.83. The molecule has 2 aliphatic rings. The number of aryl methyl sites for hydroxylation is 2. The van der Waals surface area contributed by atoms with Crippen LogP contribution >= 0.6 is 23.1 Å². The van der Waals surface area contributed by atoms with Crippen molar-refractivity contribution in [3.05, 3.63) is 20.8 Å². The Kier molecular flexibility index (Phi) is 6.35. The molecule has 1 aliphatic heterocycles. The van der Waals surface area contributed by atoms with Gasteiger partial charge < -0.3 is 4.90 Å². The Morgan fingerprint density at radius 2 is 1.86 bits per heavy atom. The highest BCUT2D eigenvalue weighted by atomic mass is 32.2.